The van der Waals surface area contributed by atoms with Gasteiger partial charge in [0.1, 0.15) is 5.75 Å². The predicted octanol–water partition coefficient (Wildman–Crippen LogP) is 3.41. The zero-order valence-corrected chi connectivity index (χ0v) is 14.9. The van der Waals surface area contributed by atoms with E-state index < -0.39 is 0 Å². The molecule has 0 aromatic heterocycles. The lowest BCUT2D eigenvalue weighted by Gasteiger charge is -2.19. The fourth-order valence-electron chi connectivity index (χ4n) is 3.11. The first-order valence-corrected chi connectivity index (χ1v) is 9.20. The molecule has 0 aliphatic carbocycles. The monoisotopic (exact) mass is 319 g/mol. The Hall–Kier alpha value is -1.10. The van der Waals surface area contributed by atoms with E-state index in [4.69, 9.17) is 4.74 Å². The Morgan fingerprint density at radius 1 is 1.04 bits per heavy atom. The van der Waals surface area contributed by atoms with Crippen LogP contribution in [0.4, 0.5) is 0 Å². The molecule has 1 saturated heterocycles. The third-order valence-corrected chi connectivity index (χ3v) is 4.70. The molecular formula is C19H33N3O. The molecule has 4 nitrogen and oxygen atoms in total. The number of unbranched alkanes of at least 4 members (excludes halogenated alkanes) is 3. The van der Waals surface area contributed by atoms with Crippen LogP contribution in [0, 0.1) is 5.92 Å². The average Bonchev–Trinajstić information content (AvgIpc) is 2.94. The zero-order chi connectivity index (χ0) is 16.5. The molecule has 1 fully saturated rings. The van der Waals surface area contributed by atoms with Crippen LogP contribution in [0.25, 0.3) is 0 Å². The summed E-state index contributed by atoms with van der Waals surface area (Å²) in [5.41, 5.74) is 8.17. The third kappa shape index (κ3) is 5.48. The van der Waals surface area contributed by atoms with E-state index in [-0.39, 0.29) is 0 Å². The van der Waals surface area contributed by atoms with E-state index in [0.717, 1.165) is 31.9 Å². The molecule has 23 heavy (non-hydrogen) atoms. The summed E-state index contributed by atoms with van der Waals surface area (Å²) in [7, 11) is 0. The van der Waals surface area contributed by atoms with Gasteiger partial charge in [-0.15, -0.1) is 0 Å². The summed E-state index contributed by atoms with van der Waals surface area (Å²) in [5.74, 6) is 1.53. The van der Waals surface area contributed by atoms with Gasteiger partial charge in [0.2, 0.25) is 0 Å². The van der Waals surface area contributed by atoms with E-state index in [2.05, 4.69) is 61.2 Å². The highest BCUT2D eigenvalue weighted by molar-refractivity contribution is 5.30. The predicted molar refractivity (Wildman–Crippen MR) is 96.6 cm³/mol. The Bertz CT molecular complexity index is 435. The minimum atomic E-state index is 0.359. The molecule has 1 aromatic rings. The molecule has 3 N–H and O–H groups in total. The van der Waals surface area contributed by atoms with Crippen molar-refractivity contribution in [1.82, 2.24) is 16.2 Å². The van der Waals surface area contributed by atoms with E-state index in [1.807, 2.05) is 0 Å². The van der Waals surface area contributed by atoms with Gasteiger partial charge in [-0.1, -0.05) is 52.2 Å². The van der Waals surface area contributed by atoms with E-state index >= 15 is 0 Å². The standard InChI is InChI=1S/C19H33N3O/c1-4-6-7-8-13-23-17-11-9-16(10-12-17)19-15(3)18(21-22-19)14-20-5-2/h9-12,15,18-22H,4-8,13-14H2,1-3H3. The number of hydrogen-bond acceptors (Lipinski definition) is 4. The summed E-state index contributed by atoms with van der Waals surface area (Å²) in [5, 5.41) is 3.42. The van der Waals surface area contributed by atoms with Crippen LogP contribution in [-0.4, -0.2) is 25.7 Å². The molecule has 1 aromatic carbocycles. The number of likely N-dealkylation sites (N-methyl/N-ethyl adjacent to an activating group) is 1. The van der Waals surface area contributed by atoms with Crippen LogP contribution in [0.1, 0.15) is 58.1 Å². The van der Waals surface area contributed by atoms with Crippen molar-refractivity contribution < 1.29 is 4.74 Å². The molecule has 0 amide bonds. The van der Waals surface area contributed by atoms with Crippen molar-refractivity contribution in [3.63, 3.8) is 0 Å². The second-order valence-electron chi connectivity index (χ2n) is 6.52. The van der Waals surface area contributed by atoms with Crippen LogP contribution in [0.5, 0.6) is 5.75 Å². The molecule has 2 rings (SSSR count). The Balaban J connectivity index is 1.80. The van der Waals surface area contributed by atoms with Crippen molar-refractivity contribution in [1.29, 1.82) is 0 Å². The van der Waals surface area contributed by atoms with Gasteiger partial charge < -0.3 is 10.1 Å². The highest BCUT2D eigenvalue weighted by Gasteiger charge is 2.32. The van der Waals surface area contributed by atoms with Crippen molar-refractivity contribution in [2.45, 2.75) is 58.5 Å². The van der Waals surface area contributed by atoms with Crippen LogP contribution in [0.3, 0.4) is 0 Å². The first-order valence-electron chi connectivity index (χ1n) is 9.20. The molecule has 1 heterocycles. The number of rotatable bonds is 10. The topological polar surface area (TPSA) is 45.3 Å². The number of hydrazine groups is 1. The summed E-state index contributed by atoms with van der Waals surface area (Å²) in [6.07, 6.45) is 4.97. The summed E-state index contributed by atoms with van der Waals surface area (Å²) < 4.78 is 5.83. The van der Waals surface area contributed by atoms with Gasteiger partial charge in [-0.2, -0.15) is 0 Å². The number of benzene rings is 1. The lowest BCUT2D eigenvalue weighted by molar-refractivity contribution is 0.305. The molecule has 0 radical (unpaired) electrons. The maximum absolute atomic E-state index is 5.83. The lowest BCUT2D eigenvalue weighted by Crippen LogP contribution is -2.39. The van der Waals surface area contributed by atoms with Gasteiger partial charge >= 0.3 is 0 Å². The molecule has 4 heteroatoms. The molecule has 3 atom stereocenters. The summed E-state index contributed by atoms with van der Waals surface area (Å²) >= 11 is 0. The van der Waals surface area contributed by atoms with Crippen LogP contribution in [-0.2, 0) is 0 Å². The third-order valence-electron chi connectivity index (χ3n) is 4.70. The van der Waals surface area contributed by atoms with Gasteiger partial charge in [0, 0.05) is 12.6 Å². The van der Waals surface area contributed by atoms with Crippen molar-refractivity contribution in [3.8, 4) is 5.75 Å². The Morgan fingerprint density at radius 3 is 2.52 bits per heavy atom. The first-order chi connectivity index (χ1) is 11.3. The van der Waals surface area contributed by atoms with Gasteiger partial charge in [0.05, 0.1) is 12.6 Å². The maximum Gasteiger partial charge on any atom is 0.119 e. The molecule has 3 unspecified atom stereocenters. The van der Waals surface area contributed by atoms with Crippen molar-refractivity contribution >= 4 is 0 Å². The Kier molecular flexibility index (Phi) is 7.86. The SMILES string of the molecule is CCCCCCOc1ccc(C2NNC(CNCC)C2C)cc1. The fraction of sp³-hybridized carbons (Fsp3) is 0.684. The minimum absolute atomic E-state index is 0.359. The molecule has 1 aliphatic heterocycles. The van der Waals surface area contributed by atoms with Gasteiger partial charge in [-0.3, -0.25) is 5.43 Å². The number of ether oxygens (including phenoxy) is 1. The number of nitrogens with one attached hydrogen (secondary N) is 3. The van der Waals surface area contributed by atoms with Gasteiger partial charge in [-0.05, 0) is 36.6 Å². The fourth-order valence-corrected chi connectivity index (χ4v) is 3.11. The van der Waals surface area contributed by atoms with Crippen LogP contribution in [0.15, 0.2) is 24.3 Å². The average molecular weight is 319 g/mol. The molecule has 1 aliphatic rings. The quantitative estimate of drug-likeness (QED) is 0.578. The van der Waals surface area contributed by atoms with Gasteiger partial charge in [0.25, 0.3) is 0 Å². The summed E-state index contributed by atoms with van der Waals surface area (Å²) in [6.45, 7) is 9.52. The second-order valence-corrected chi connectivity index (χ2v) is 6.52. The zero-order valence-electron chi connectivity index (χ0n) is 14.9. The number of hydrogen-bond donors (Lipinski definition) is 3. The van der Waals surface area contributed by atoms with Crippen molar-refractivity contribution in [2.75, 3.05) is 19.7 Å². The van der Waals surface area contributed by atoms with Crippen LogP contribution in [0.2, 0.25) is 0 Å². The van der Waals surface area contributed by atoms with E-state index in [1.165, 1.54) is 24.8 Å². The molecular weight excluding hydrogens is 286 g/mol. The largest absolute Gasteiger partial charge is 0.494 e. The second kappa shape index (κ2) is 9.91. The van der Waals surface area contributed by atoms with Gasteiger partial charge in [-0.25, -0.2) is 5.43 Å². The maximum atomic E-state index is 5.83. The first kappa shape index (κ1) is 18.2. The van der Waals surface area contributed by atoms with E-state index in [9.17, 15) is 0 Å². The summed E-state index contributed by atoms with van der Waals surface area (Å²) in [6, 6.07) is 9.40. The highest BCUT2D eigenvalue weighted by Crippen LogP contribution is 2.29. The smallest absolute Gasteiger partial charge is 0.119 e. The molecule has 130 valence electrons. The lowest BCUT2D eigenvalue weighted by atomic mass is 9.91. The van der Waals surface area contributed by atoms with Gasteiger partial charge in [0.15, 0.2) is 0 Å². The molecule has 0 saturated carbocycles. The highest BCUT2D eigenvalue weighted by atomic mass is 16.5. The Morgan fingerprint density at radius 2 is 1.83 bits per heavy atom. The van der Waals surface area contributed by atoms with Crippen LogP contribution >= 0.6 is 0 Å². The normalized spacial score (nSPS) is 24.0. The minimum Gasteiger partial charge on any atom is -0.494 e. The van der Waals surface area contributed by atoms with Crippen molar-refractivity contribution in [2.24, 2.45) is 5.92 Å². The van der Waals surface area contributed by atoms with Crippen LogP contribution < -0.4 is 20.9 Å². The summed E-state index contributed by atoms with van der Waals surface area (Å²) in [4.78, 5) is 0. The molecule has 0 spiro atoms. The van der Waals surface area contributed by atoms with E-state index in [1.54, 1.807) is 0 Å². The van der Waals surface area contributed by atoms with E-state index in [0.29, 0.717) is 18.0 Å². The molecule has 0 bridgehead atoms. The Labute approximate surface area is 141 Å². The van der Waals surface area contributed by atoms with Crippen molar-refractivity contribution in [3.05, 3.63) is 29.8 Å².